The van der Waals surface area contributed by atoms with E-state index in [-0.39, 0.29) is 5.92 Å². The molecule has 0 fully saturated rings. The summed E-state index contributed by atoms with van der Waals surface area (Å²) in [5.41, 5.74) is 13.8. The van der Waals surface area contributed by atoms with Crippen molar-refractivity contribution < 1.29 is 0 Å². The summed E-state index contributed by atoms with van der Waals surface area (Å²) in [7, 11) is 0. The SMILES string of the molecule is C1=Cc2c(c3ccccc3n2-c2ccc(C3C=C(c4ccc(-n5c6ccccc6c6cnccc65)cc4)N=C(c4cccnc4)C3)cc2)CN1. The van der Waals surface area contributed by atoms with Crippen LogP contribution in [0.4, 0.5) is 0 Å². The highest BCUT2D eigenvalue weighted by Gasteiger charge is 2.23. The van der Waals surface area contributed by atoms with Crippen LogP contribution in [0.25, 0.3) is 55.9 Å². The molecular weight excluding hydrogens is 613 g/mol. The second-order valence-electron chi connectivity index (χ2n) is 13.0. The zero-order chi connectivity index (χ0) is 33.0. The quantitative estimate of drug-likeness (QED) is 0.203. The van der Waals surface area contributed by atoms with Crippen molar-refractivity contribution in [3.8, 4) is 11.4 Å². The van der Waals surface area contributed by atoms with Crippen LogP contribution in [0.3, 0.4) is 0 Å². The van der Waals surface area contributed by atoms with Crippen LogP contribution in [0.1, 0.15) is 40.3 Å². The van der Waals surface area contributed by atoms with Crippen molar-refractivity contribution in [1.29, 1.82) is 0 Å². The average molecular weight is 645 g/mol. The Kier molecular flexibility index (Phi) is 6.59. The molecular formula is C44H32N6. The number of hydrogen-bond acceptors (Lipinski definition) is 4. The summed E-state index contributed by atoms with van der Waals surface area (Å²) in [6, 6.07) is 41.3. The number of rotatable bonds is 5. The first kappa shape index (κ1) is 28.5. The van der Waals surface area contributed by atoms with Gasteiger partial charge in [-0.1, -0.05) is 72.8 Å². The van der Waals surface area contributed by atoms with Crippen molar-refractivity contribution in [2.45, 2.75) is 18.9 Å². The molecule has 4 aromatic carbocycles. The monoisotopic (exact) mass is 644 g/mol. The van der Waals surface area contributed by atoms with Crippen LogP contribution in [0, 0.1) is 0 Å². The van der Waals surface area contributed by atoms with Crippen LogP contribution >= 0.6 is 0 Å². The van der Waals surface area contributed by atoms with Crippen LogP contribution in [-0.2, 0) is 6.54 Å². The predicted octanol–water partition coefficient (Wildman–Crippen LogP) is 9.61. The van der Waals surface area contributed by atoms with E-state index in [0.29, 0.717) is 0 Å². The van der Waals surface area contributed by atoms with Gasteiger partial charge in [-0.3, -0.25) is 15.0 Å². The molecule has 1 atom stereocenters. The Labute approximate surface area is 289 Å². The first-order valence-corrected chi connectivity index (χ1v) is 17.1. The zero-order valence-corrected chi connectivity index (χ0v) is 27.2. The molecule has 8 aromatic rings. The van der Waals surface area contributed by atoms with Gasteiger partial charge in [-0.25, -0.2) is 0 Å². The van der Waals surface area contributed by atoms with Crippen molar-refractivity contribution in [3.63, 3.8) is 0 Å². The van der Waals surface area contributed by atoms with Gasteiger partial charge in [0.15, 0.2) is 0 Å². The molecule has 0 aliphatic carbocycles. The van der Waals surface area contributed by atoms with E-state index in [0.717, 1.165) is 57.8 Å². The van der Waals surface area contributed by atoms with E-state index in [9.17, 15) is 0 Å². The summed E-state index contributed by atoms with van der Waals surface area (Å²) in [5.74, 6) is 0.163. The van der Waals surface area contributed by atoms with E-state index in [1.54, 1.807) is 0 Å². The normalized spacial score (nSPS) is 15.6. The fourth-order valence-electron chi connectivity index (χ4n) is 7.79. The van der Waals surface area contributed by atoms with Gasteiger partial charge in [0.25, 0.3) is 0 Å². The minimum Gasteiger partial charge on any atom is -0.387 e. The number of para-hydroxylation sites is 2. The molecule has 2 aliphatic heterocycles. The topological polar surface area (TPSA) is 60.0 Å². The smallest absolute Gasteiger partial charge is 0.0672 e. The molecule has 0 bridgehead atoms. The summed E-state index contributed by atoms with van der Waals surface area (Å²) in [5, 5.41) is 7.04. The van der Waals surface area contributed by atoms with E-state index in [1.807, 2.05) is 37.1 Å². The Morgan fingerprint density at radius 2 is 1.32 bits per heavy atom. The second kappa shape index (κ2) is 11.6. The number of aromatic nitrogens is 4. The van der Waals surface area contributed by atoms with Crippen molar-refractivity contribution in [1.82, 2.24) is 24.4 Å². The van der Waals surface area contributed by atoms with E-state index in [2.05, 4.69) is 146 Å². The summed E-state index contributed by atoms with van der Waals surface area (Å²) in [4.78, 5) is 14.1. The number of fused-ring (bicyclic) bond motifs is 6. The van der Waals surface area contributed by atoms with Gasteiger partial charge < -0.3 is 14.5 Å². The van der Waals surface area contributed by atoms with Gasteiger partial charge in [-0.2, -0.15) is 0 Å². The standard InChI is InChI=1S/C44H32N6/c1-3-9-41-35(7-1)37-27-46-22-19-43(37)49(41)33-15-11-29(12-16-33)32-24-39(48-40(25-32)31-6-5-21-45-26-31)30-13-17-34(18-14-30)50-42-10-4-2-8-36(42)38-28-47-23-20-44(38)50/h1-24,26,28,32,46H,25,27H2. The molecule has 6 heterocycles. The predicted molar refractivity (Wildman–Crippen MR) is 204 cm³/mol. The van der Waals surface area contributed by atoms with E-state index >= 15 is 0 Å². The molecule has 6 nitrogen and oxygen atoms in total. The van der Waals surface area contributed by atoms with Crippen LogP contribution in [0.5, 0.6) is 0 Å². The van der Waals surface area contributed by atoms with Crippen molar-refractivity contribution >= 4 is 50.2 Å². The fourth-order valence-corrected chi connectivity index (χ4v) is 7.79. The lowest BCUT2D eigenvalue weighted by atomic mass is 9.87. The molecule has 1 unspecified atom stereocenters. The van der Waals surface area contributed by atoms with Gasteiger partial charge in [0.05, 0.1) is 33.7 Å². The Morgan fingerprint density at radius 3 is 2.14 bits per heavy atom. The number of nitrogens with one attached hydrogen (secondary N) is 1. The van der Waals surface area contributed by atoms with E-state index in [1.165, 1.54) is 38.6 Å². The van der Waals surface area contributed by atoms with E-state index in [4.69, 9.17) is 4.99 Å². The number of hydrogen-bond donors (Lipinski definition) is 1. The molecule has 0 amide bonds. The Balaban J connectivity index is 1.03. The molecule has 4 aromatic heterocycles. The molecule has 10 rings (SSSR count). The maximum atomic E-state index is 5.24. The summed E-state index contributed by atoms with van der Waals surface area (Å²) in [6.07, 6.45) is 14.9. The highest BCUT2D eigenvalue weighted by molar-refractivity contribution is 6.09. The van der Waals surface area contributed by atoms with Crippen molar-refractivity contribution in [2.75, 3.05) is 0 Å². The molecule has 0 saturated heterocycles. The fraction of sp³-hybridized carbons (Fsp3) is 0.0682. The van der Waals surface area contributed by atoms with Crippen LogP contribution in [0.2, 0.25) is 0 Å². The minimum absolute atomic E-state index is 0.163. The van der Waals surface area contributed by atoms with Crippen LogP contribution in [0.15, 0.2) is 157 Å². The third-order valence-electron chi connectivity index (χ3n) is 10.2. The maximum Gasteiger partial charge on any atom is 0.0672 e. The molecule has 1 N–H and O–H groups in total. The molecule has 50 heavy (non-hydrogen) atoms. The third-order valence-corrected chi connectivity index (χ3v) is 10.2. The molecule has 0 radical (unpaired) electrons. The first-order valence-electron chi connectivity index (χ1n) is 17.1. The van der Waals surface area contributed by atoms with Gasteiger partial charge in [0.2, 0.25) is 0 Å². The number of benzene rings is 4. The lowest BCUT2D eigenvalue weighted by Gasteiger charge is -2.22. The van der Waals surface area contributed by atoms with Crippen LogP contribution in [-0.4, -0.2) is 24.8 Å². The summed E-state index contributed by atoms with van der Waals surface area (Å²) < 4.78 is 4.70. The van der Waals surface area contributed by atoms with Gasteiger partial charge >= 0.3 is 0 Å². The number of nitrogens with zero attached hydrogens (tertiary/aromatic N) is 5. The molecule has 2 aliphatic rings. The number of aliphatic imine (C=N–C) groups is 1. The Hall–Kier alpha value is -6.53. The Morgan fingerprint density at radius 1 is 0.600 bits per heavy atom. The minimum atomic E-state index is 0.163. The third kappa shape index (κ3) is 4.60. The average Bonchev–Trinajstić information content (AvgIpc) is 3.71. The molecule has 0 saturated carbocycles. The van der Waals surface area contributed by atoms with Crippen molar-refractivity contribution in [3.05, 3.63) is 180 Å². The second-order valence-corrected chi connectivity index (χ2v) is 13.0. The lowest BCUT2D eigenvalue weighted by Crippen LogP contribution is -2.13. The Bertz CT molecular complexity index is 2600. The van der Waals surface area contributed by atoms with Gasteiger partial charge in [-0.15, -0.1) is 0 Å². The molecule has 6 heteroatoms. The largest absolute Gasteiger partial charge is 0.387 e. The number of allylic oxidation sites excluding steroid dienone is 1. The first-order chi connectivity index (χ1) is 24.8. The number of pyridine rings is 2. The maximum absolute atomic E-state index is 5.24. The van der Waals surface area contributed by atoms with Crippen LogP contribution < -0.4 is 5.32 Å². The zero-order valence-electron chi connectivity index (χ0n) is 27.2. The molecule has 0 spiro atoms. The summed E-state index contributed by atoms with van der Waals surface area (Å²) in [6.45, 7) is 0.834. The lowest BCUT2D eigenvalue weighted by molar-refractivity contribution is 0.854. The molecule has 238 valence electrons. The highest BCUT2D eigenvalue weighted by atomic mass is 15.0. The highest BCUT2D eigenvalue weighted by Crippen LogP contribution is 2.37. The van der Waals surface area contributed by atoms with Crippen molar-refractivity contribution in [2.24, 2.45) is 4.99 Å². The van der Waals surface area contributed by atoms with Gasteiger partial charge in [0.1, 0.15) is 0 Å². The summed E-state index contributed by atoms with van der Waals surface area (Å²) >= 11 is 0. The van der Waals surface area contributed by atoms with Gasteiger partial charge in [-0.05, 0) is 71.9 Å². The van der Waals surface area contributed by atoms with E-state index < -0.39 is 0 Å². The van der Waals surface area contributed by atoms with Gasteiger partial charge in [0, 0.05) is 82.3 Å².